The topological polar surface area (TPSA) is 129 Å². The Morgan fingerprint density at radius 3 is 2.44 bits per heavy atom. The monoisotopic (exact) mass is 455 g/mol. The second-order valence-corrected chi connectivity index (χ2v) is 8.11. The van der Waals surface area contributed by atoms with E-state index in [2.05, 4.69) is 20.7 Å². The van der Waals surface area contributed by atoms with E-state index in [1.54, 1.807) is 48.5 Å². The molecule has 1 amide bonds. The number of nitrogens with zero attached hydrogens (tertiary/aromatic N) is 2. The third kappa shape index (κ3) is 4.83. The summed E-state index contributed by atoms with van der Waals surface area (Å²) in [5, 5.41) is 20.0. The van der Waals surface area contributed by atoms with Crippen LogP contribution in [0, 0.1) is 5.92 Å². The van der Waals surface area contributed by atoms with E-state index in [0.717, 1.165) is 12.8 Å². The van der Waals surface area contributed by atoms with E-state index >= 15 is 0 Å². The summed E-state index contributed by atoms with van der Waals surface area (Å²) < 4.78 is 1.21. The fraction of sp³-hybridized carbons (Fsp3) is 0.273. The molecule has 0 aliphatic heterocycles. The summed E-state index contributed by atoms with van der Waals surface area (Å²) >= 11 is 5.88. The molecule has 2 aromatic carbocycles. The minimum atomic E-state index is -0.874. The van der Waals surface area contributed by atoms with E-state index in [1.807, 2.05) is 0 Å². The SMILES string of the molecule is O=C(NC1CCCCC1C(=O)O)c1ccc(Nc2nn(-c3ccc(Cl)cc3)c(=O)[nH]2)cc1. The summed E-state index contributed by atoms with van der Waals surface area (Å²) in [5.74, 6) is -1.49. The van der Waals surface area contributed by atoms with Gasteiger partial charge in [-0.25, -0.2) is 4.79 Å². The van der Waals surface area contributed by atoms with Crippen LogP contribution >= 0.6 is 11.6 Å². The Balaban J connectivity index is 1.42. The average molecular weight is 456 g/mol. The number of benzene rings is 2. The smallest absolute Gasteiger partial charge is 0.349 e. The van der Waals surface area contributed by atoms with Crippen LogP contribution in [0.2, 0.25) is 5.02 Å². The lowest BCUT2D eigenvalue weighted by atomic mass is 9.84. The second-order valence-electron chi connectivity index (χ2n) is 7.68. The molecule has 0 bridgehead atoms. The number of carbonyl (C=O) groups excluding carboxylic acids is 1. The first kappa shape index (κ1) is 21.6. The predicted octanol–water partition coefficient (Wildman–Crippen LogP) is 3.33. The Hall–Kier alpha value is -3.59. The summed E-state index contributed by atoms with van der Waals surface area (Å²) in [6.07, 6.45) is 2.99. The Morgan fingerprint density at radius 2 is 1.75 bits per heavy atom. The Labute approximate surface area is 188 Å². The van der Waals surface area contributed by atoms with E-state index in [-0.39, 0.29) is 17.9 Å². The lowest BCUT2D eigenvalue weighted by molar-refractivity contribution is -0.143. The molecule has 2 atom stereocenters. The zero-order valence-corrected chi connectivity index (χ0v) is 17.8. The summed E-state index contributed by atoms with van der Waals surface area (Å²) in [6, 6.07) is 13.0. The number of hydrogen-bond acceptors (Lipinski definition) is 5. The number of anilines is 2. The number of amides is 1. The van der Waals surface area contributed by atoms with Gasteiger partial charge >= 0.3 is 11.7 Å². The molecular weight excluding hydrogens is 434 g/mol. The summed E-state index contributed by atoms with van der Waals surface area (Å²) in [5.41, 5.74) is 1.20. The molecule has 1 heterocycles. The molecular formula is C22H22ClN5O4. The van der Waals surface area contributed by atoms with Crippen LogP contribution in [0.25, 0.3) is 5.69 Å². The van der Waals surface area contributed by atoms with E-state index in [9.17, 15) is 19.5 Å². The minimum Gasteiger partial charge on any atom is -0.481 e. The molecule has 4 rings (SSSR count). The van der Waals surface area contributed by atoms with E-state index < -0.39 is 17.6 Å². The van der Waals surface area contributed by atoms with Crippen molar-refractivity contribution in [1.82, 2.24) is 20.1 Å². The summed E-state index contributed by atoms with van der Waals surface area (Å²) in [4.78, 5) is 38.8. The van der Waals surface area contributed by atoms with Crippen molar-refractivity contribution in [1.29, 1.82) is 0 Å². The predicted molar refractivity (Wildman–Crippen MR) is 120 cm³/mol. The Kier molecular flexibility index (Phi) is 6.27. The molecule has 32 heavy (non-hydrogen) atoms. The van der Waals surface area contributed by atoms with E-state index in [1.165, 1.54) is 4.68 Å². The van der Waals surface area contributed by atoms with Crippen molar-refractivity contribution in [3.63, 3.8) is 0 Å². The number of hydrogen-bond donors (Lipinski definition) is 4. The Bertz CT molecular complexity index is 1170. The fourth-order valence-electron chi connectivity index (χ4n) is 3.83. The number of aromatic nitrogens is 3. The molecule has 0 spiro atoms. The molecule has 1 fully saturated rings. The van der Waals surface area contributed by atoms with Gasteiger partial charge in [-0.3, -0.25) is 14.6 Å². The third-order valence-electron chi connectivity index (χ3n) is 5.50. The molecule has 1 aliphatic carbocycles. The minimum absolute atomic E-state index is 0.244. The maximum Gasteiger partial charge on any atom is 0.349 e. The highest BCUT2D eigenvalue weighted by Gasteiger charge is 2.31. The number of rotatable bonds is 6. The normalized spacial score (nSPS) is 18.2. The van der Waals surface area contributed by atoms with Gasteiger partial charge in [0, 0.05) is 22.3 Å². The molecule has 166 valence electrons. The third-order valence-corrected chi connectivity index (χ3v) is 5.75. The highest BCUT2D eigenvalue weighted by atomic mass is 35.5. The van der Waals surface area contributed by atoms with Crippen molar-refractivity contribution >= 4 is 35.1 Å². The van der Waals surface area contributed by atoms with Crippen molar-refractivity contribution in [2.75, 3.05) is 5.32 Å². The van der Waals surface area contributed by atoms with Gasteiger partial charge in [-0.05, 0) is 61.4 Å². The number of carboxylic acids is 1. The van der Waals surface area contributed by atoms with Gasteiger partial charge in [0.25, 0.3) is 5.91 Å². The maximum absolute atomic E-state index is 12.6. The van der Waals surface area contributed by atoms with Crippen LogP contribution in [0.1, 0.15) is 36.0 Å². The van der Waals surface area contributed by atoms with Crippen molar-refractivity contribution in [2.24, 2.45) is 5.92 Å². The van der Waals surface area contributed by atoms with Gasteiger partial charge in [-0.2, -0.15) is 4.68 Å². The largest absolute Gasteiger partial charge is 0.481 e. The summed E-state index contributed by atoms with van der Waals surface area (Å²) in [7, 11) is 0. The van der Waals surface area contributed by atoms with Crippen molar-refractivity contribution < 1.29 is 14.7 Å². The molecule has 2 unspecified atom stereocenters. The molecule has 1 aromatic heterocycles. The van der Waals surface area contributed by atoms with Crippen LogP contribution < -0.4 is 16.3 Å². The quantitative estimate of drug-likeness (QED) is 0.451. The van der Waals surface area contributed by atoms with Gasteiger partial charge in [0.05, 0.1) is 11.6 Å². The Morgan fingerprint density at radius 1 is 1.06 bits per heavy atom. The zero-order valence-electron chi connectivity index (χ0n) is 17.0. The standard InChI is InChI=1S/C22H22ClN5O4/c23-14-7-11-16(12-8-14)28-22(32)26-21(27-28)24-15-9-5-13(6-10-15)19(29)25-18-4-2-1-3-17(18)20(30)31/h5-12,17-18H,1-4H2,(H,25,29)(H,30,31)(H2,24,26,27,32). The van der Waals surface area contributed by atoms with E-state index in [0.29, 0.717) is 34.8 Å². The fourth-order valence-corrected chi connectivity index (χ4v) is 3.96. The molecule has 3 aromatic rings. The van der Waals surface area contributed by atoms with Crippen molar-refractivity contribution in [2.45, 2.75) is 31.7 Å². The number of aliphatic carboxylic acids is 1. The van der Waals surface area contributed by atoms with Crippen LogP contribution in [0.15, 0.2) is 53.3 Å². The number of carboxylic acid groups (broad SMARTS) is 1. The first-order chi connectivity index (χ1) is 15.4. The summed E-state index contributed by atoms with van der Waals surface area (Å²) in [6.45, 7) is 0. The lowest BCUT2D eigenvalue weighted by Gasteiger charge is -2.29. The molecule has 10 heteroatoms. The zero-order chi connectivity index (χ0) is 22.7. The average Bonchev–Trinajstić information content (AvgIpc) is 3.15. The van der Waals surface area contributed by atoms with Crippen LogP contribution in [-0.2, 0) is 4.79 Å². The van der Waals surface area contributed by atoms with Gasteiger partial charge < -0.3 is 15.7 Å². The van der Waals surface area contributed by atoms with Crippen LogP contribution in [-0.4, -0.2) is 37.8 Å². The highest BCUT2D eigenvalue weighted by Crippen LogP contribution is 2.25. The maximum atomic E-state index is 12.6. The number of aromatic amines is 1. The van der Waals surface area contributed by atoms with Gasteiger partial charge in [0.1, 0.15) is 0 Å². The second kappa shape index (κ2) is 9.27. The molecule has 1 saturated carbocycles. The van der Waals surface area contributed by atoms with Crippen molar-refractivity contribution in [3.05, 3.63) is 69.6 Å². The van der Waals surface area contributed by atoms with Gasteiger partial charge in [-0.15, -0.1) is 5.10 Å². The first-order valence-electron chi connectivity index (χ1n) is 10.3. The molecule has 4 N–H and O–H groups in total. The van der Waals surface area contributed by atoms with Crippen molar-refractivity contribution in [3.8, 4) is 5.69 Å². The van der Waals surface area contributed by atoms with Gasteiger partial charge in [-0.1, -0.05) is 24.4 Å². The van der Waals surface area contributed by atoms with Gasteiger partial charge in [0.15, 0.2) is 0 Å². The molecule has 0 radical (unpaired) electrons. The molecule has 1 aliphatic rings. The lowest BCUT2D eigenvalue weighted by Crippen LogP contribution is -2.45. The number of H-pyrrole nitrogens is 1. The number of halogens is 1. The highest BCUT2D eigenvalue weighted by molar-refractivity contribution is 6.30. The number of nitrogens with one attached hydrogen (secondary N) is 3. The van der Waals surface area contributed by atoms with Crippen LogP contribution in [0.5, 0.6) is 0 Å². The molecule has 0 saturated heterocycles. The van der Waals surface area contributed by atoms with E-state index in [4.69, 9.17) is 11.6 Å². The van der Waals surface area contributed by atoms with Crippen LogP contribution in [0.4, 0.5) is 11.6 Å². The van der Waals surface area contributed by atoms with Gasteiger partial charge in [0.2, 0.25) is 5.95 Å². The number of carbonyl (C=O) groups is 2. The molecule has 9 nitrogen and oxygen atoms in total. The van der Waals surface area contributed by atoms with Crippen LogP contribution in [0.3, 0.4) is 0 Å². The first-order valence-corrected chi connectivity index (χ1v) is 10.6.